The molecule has 9 nitrogen and oxygen atoms in total. The van der Waals surface area contributed by atoms with Crippen LogP contribution >= 0.6 is 0 Å². The quantitative estimate of drug-likeness (QED) is 0.506. The SMILES string of the molecule is COc1cc(/C=C2\N/C(=N\CC(=O)O)N([C@H](C)c3ccc(F)cc3)C2=O)ccc1-n1cnc(C)c1. The van der Waals surface area contributed by atoms with Crippen LogP contribution in [0.3, 0.4) is 0 Å². The Balaban J connectivity index is 1.68. The van der Waals surface area contributed by atoms with Gasteiger partial charge in [-0.1, -0.05) is 18.2 Å². The second-order valence-electron chi connectivity index (χ2n) is 7.97. The standard InChI is InChI=1S/C25H24FN5O4/c1-15-13-30(14-28-15)21-9-4-17(11-22(21)35-3)10-20-24(34)31(25(29-20)27-12-23(32)33)16(2)18-5-7-19(26)8-6-18/h4-11,13-14,16H,12H2,1-3H3,(H,27,29)(H,32,33)/b20-10-/t16-/m1/s1. The fraction of sp³-hybridized carbons (Fsp3) is 0.200. The molecular formula is C25H24FN5O4. The summed E-state index contributed by atoms with van der Waals surface area (Å²) in [6, 6.07) is 10.7. The maximum absolute atomic E-state index is 13.4. The molecule has 1 aliphatic rings. The van der Waals surface area contributed by atoms with Crippen LogP contribution in [0.5, 0.6) is 5.75 Å². The number of imidazole rings is 1. The number of carboxylic acid groups (broad SMARTS) is 1. The number of ether oxygens (including phenoxy) is 1. The molecule has 1 aromatic heterocycles. The minimum Gasteiger partial charge on any atom is -0.495 e. The number of carboxylic acids is 1. The summed E-state index contributed by atoms with van der Waals surface area (Å²) in [4.78, 5) is 34.1. The molecule has 1 amide bonds. The fourth-order valence-electron chi connectivity index (χ4n) is 3.78. The number of nitrogens with one attached hydrogen (secondary N) is 1. The van der Waals surface area contributed by atoms with E-state index in [1.54, 1.807) is 44.6 Å². The van der Waals surface area contributed by atoms with Crippen LogP contribution in [0.25, 0.3) is 11.8 Å². The van der Waals surface area contributed by atoms with Crippen LogP contribution < -0.4 is 10.1 Å². The van der Waals surface area contributed by atoms with E-state index in [0.717, 1.165) is 11.4 Å². The summed E-state index contributed by atoms with van der Waals surface area (Å²) < 4.78 is 20.8. The summed E-state index contributed by atoms with van der Waals surface area (Å²) in [5.74, 6) is -1.22. The molecule has 0 radical (unpaired) electrons. The van der Waals surface area contributed by atoms with Gasteiger partial charge in [0, 0.05) is 6.20 Å². The maximum Gasteiger partial charge on any atom is 0.325 e. The van der Waals surface area contributed by atoms with Crippen LogP contribution in [-0.4, -0.2) is 51.0 Å². The van der Waals surface area contributed by atoms with Crippen LogP contribution in [0, 0.1) is 12.7 Å². The van der Waals surface area contributed by atoms with Crippen molar-refractivity contribution in [1.29, 1.82) is 0 Å². The smallest absolute Gasteiger partial charge is 0.325 e. The number of halogens is 1. The minimum absolute atomic E-state index is 0.109. The number of benzene rings is 2. The first kappa shape index (κ1) is 23.7. The van der Waals surface area contributed by atoms with E-state index in [1.165, 1.54) is 17.0 Å². The zero-order valence-corrected chi connectivity index (χ0v) is 19.4. The predicted octanol–water partition coefficient (Wildman–Crippen LogP) is 3.30. The third kappa shape index (κ3) is 5.06. The number of aryl methyl sites for hydroxylation is 1. The van der Waals surface area contributed by atoms with Crippen molar-refractivity contribution in [1.82, 2.24) is 19.8 Å². The number of methoxy groups -OCH3 is 1. The molecule has 10 heteroatoms. The number of amides is 1. The molecule has 35 heavy (non-hydrogen) atoms. The fourth-order valence-corrected chi connectivity index (χ4v) is 3.78. The van der Waals surface area contributed by atoms with Crippen molar-refractivity contribution in [3.05, 3.63) is 83.3 Å². The van der Waals surface area contributed by atoms with Gasteiger partial charge in [0.25, 0.3) is 5.91 Å². The van der Waals surface area contributed by atoms with E-state index in [9.17, 15) is 14.0 Å². The Kier molecular flexibility index (Phi) is 6.63. The molecular weight excluding hydrogens is 453 g/mol. The lowest BCUT2D eigenvalue weighted by Crippen LogP contribution is -2.35. The van der Waals surface area contributed by atoms with Crippen molar-refractivity contribution >= 4 is 23.9 Å². The molecule has 2 N–H and O–H groups in total. The number of hydrogen-bond donors (Lipinski definition) is 2. The van der Waals surface area contributed by atoms with Gasteiger partial charge >= 0.3 is 5.97 Å². The monoisotopic (exact) mass is 477 g/mol. The second kappa shape index (κ2) is 9.80. The van der Waals surface area contributed by atoms with Crippen LogP contribution in [0.2, 0.25) is 0 Å². The van der Waals surface area contributed by atoms with E-state index in [4.69, 9.17) is 9.84 Å². The molecule has 2 aromatic carbocycles. The van der Waals surface area contributed by atoms with E-state index in [2.05, 4.69) is 15.3 Å². The minimum atomic E-state index is -1.13. The topological polar surface area (TPSA) is 109 Å². The van der Waals surface area contributed by atoms with Crippen molar-refractivity contribution in [3.8, 4) is 11.4 Å². The number of rotatable bonds is 7. The van der Waals surface area contributed by atoms with Gasteiger partial charge in [-0.15, -0.1) is 0 Å². The third-order valence-corrected chi connectivity index (χ3v) is 5.53. The zero-order chi connectivity index (χ0) is 25.1. The van der Waals surface area contributed by atoms with E-state index in [-0.39, 0.29) is 17.6 Å². The van der Waals surface area contributed by atoms with Gasteiger partial charge in [0.1, 0.15) is 23.8 Å². The summed E-state index contributed by atoms with van der Waals surface area (Å²) >= 11 is 0. The van der Waals surface area contributed by atoms with Gasteiger partial charge in [0.15, 0.2) is 0 Å². The summed E-state index contributed by atoms with van der Waals surface area (Å²) in [6.45, 7) is 3.14. The van der Waals surface area contributed by atoms with E-state index in [0.29, 0.717) is 16.9 Å². The Labute approximate surface area is 201 Å². The molecule has 4 rings (SSSR count). The number of aromatic nitrogens is 2. The molecule has 1 fully saturated rings. The van der Waals surface area contributed by atoms with Crippen molar-refractivity contribution < 1.29 is 23.8 Å². The van der Waals surface area contributed by atoms with Crippen molar-refractivity contribution in [2.75, 3.05) is 13.7 Å². The van der Waals surface area contributed by atoms with Gasteiger partial charge in [0.05, 0.1) is 30.9 Å². The van der Waals surface area contributed by atoms with Gasteiger partial charge in [0.2, 0.25) is 5.96 Å². The molecule has 3 aromatic rings. The second-order valence-corrected chi connectivity index (χ2v) is 7.97. The highest BCUT2D eigenvalue weighted by molar-refractivity contribution is 6.16. The summed E-state index contributed by atoms with van der Waals surface area (Å²) in [5, 5.41) is 12.0. The van der Waals surface area contributed by atoms with E-state index >= 15 is 0 Å². The number of aliphatic imine (C=N–C) groups is 1. The van der Waals surface area contributed by atoms with E-state index in [1.807, 2.05) is 29.8 Å². The highest BCUT2D eigenvalue weighted by Gasteiger charge is 2.36. The number of hydrogen-bond acceptors (Lipinski definition) is 5. The third-order valence-electron chi connectivity index (χ3n) is 5.53. The van der Waals surface area contributed by atoms with Gasteiger partial charge in [-0.3, -0.25) is 14.5 Å². The van der Waals surface area contributed by atoms with Gasteiger partial charge in [-0.05, 0) is 55.3 Å². The van der Waals surface area contributed by atoms with Crippen LogP contribution in [0.15, 0.2) is 65.7 Å². The molecule has 1 atom stereocenters. The summed E-state index contributed by atoms with van der Waals surface area (Å²) in [5.41, 5.74) is 3.23. The molecule has 1 aliphatic heterocycles. The van der Waals surface area contributed by atoms with Crippen LogP contribution in [0.1, 0.15) is 29.8 Å². The first-order chi connectivity index (χ1) is 16.8. The Morgan fingerprint density at radius 3 is 2.66 bits per heavy atom. The lowest BCUT2D eigenvalue weighted by molar-refractivity contribution is -0.135. The average Bonchev–Trinajstić information content (AvgIpc) is 3.40. The van der Waals surface area contributed by atoms with E-state index < -0.39 is 24.4 Å². The number of carbonyl (C=O) groups excluding carboxylic acids is 1. The Hall–Kier alpha value is -4.47. The Bertz CT molecular complexity index is 1330. The number of aliphatic carboxylic acids is 1. The van der Waals surface area contributed by atoms with Gasteiger partial charge in [-0.25, -0.2) is 14.4 Å². The maximum atomic E-state index is 13.4. The summed E-state index contributed by atoms with van der Waals surface area (Å²) in [7, 11) is 1.56. The van der Waals surface area contributed by atoms with Crippen molar-refractivity contribution in [2.45, 2.75) is 19.9 Å². The Morgan fingerprint density at radius 2 is 2.03 bits per heavy atom. The molecule has 0 unspecified atom stereocenters. The predicted molar refractivity (Wildman–Crippen MR) is 128 cm³/mol. The lowest BCUT2D eigenvalue weighted by Gasteiger charge is -2.23. The first-order valence-corrected chi connectivity index (χ1v) is 10.8. The van der Waals surface area contributed by atoms with Gasteiger partial charge in [-0.2, -0.15) is 0 Å². The van der Waals surface area contributed by atoms with Gasteiger partial charge < -0.3 is 19.7 Å². The molecule has 0 bridgehead atoms. The average molecular weight is 477 g/mol. The van der Waals surface area contributed by atoms with Crippen molar-refractivity contribution in [2.24, 2.45) is 4.99 Å². The zero-order valence-electron chi connectivity index (χ0n) is 19.4. The molecule has 2 heterocycles. The highest BCUT2D eigenvalue weighted by atomic mass is 19.1. The van der Waals surface area contributed by atoms with Crippen LogP contribution in [-0.2, 0) is 9.59 Å². The number of carbonyl (C=O) groups is 2. The highest BCUT2D eigenvalue weighted by Crippen LogP contribution is 2.29. The number of nitrogens with zero attached hydrogens (tertiary/aromatic N) is 4. The van der Waals surface area contributed by atoms with Crippen molar-refractivity contribution in [3.63, 3.8) is 0 Å². The van der Waals surface area contributed by atoms with Crippen LogP contribution in [0.4, 0.5) is 4.39 Å². The largest absolute Gasteiger partial charge is 0.495 e. The lowest BCUT2D eigenvalue weighted by atomic mass is 10.1. The molecule has 180 valence electrons. The summed E-state index contributed by atoms with van der Waals surface area (Å²) in [6.07, 6.45) is 5.20. The molecule has 0 spiro atoms. The number of guanidine groups is 1. The molecule has 1 saturated heterocycles. The first-order valence-electron chi connectivity index (χ1n) is 10.8. The normalized spacial score (nSPS) is 16.6. The molecule has 0 aliphatic carbocycles. The molecule has 0 saturated carbocycles. The Morgan fingerprint density at radius 1 is 1.29 bits per heavy atom.